The zero-order chi connectivity index (χ0) is 16.3. The highest BCUT2D eigenvalue weighted by Crippen LogP contribution is 2.34. The van der Waals surface area contributed by atoms with Gasteiger partial charge in [0.15, 0.2) is 0 Å². The van der Waals surface area contributed by atoms with Crippen LogP contribution in [-0.4, -0.2) is 19.3 Å². The highest BCUT2D eigenvalue weighted by Gasteiger charge is 2.33. The Labute approximate surface area is 139 Å². The van der Waals surface area contributed by atoms with Crippen LogP contribution in [0.25, 0.3) is 0 Å². The minimum Gasteiger partial charge on any atom is -0.207 e. The minimum absolute atomic E-state index is 0.0664. The first-order valence-corrected chi connectivity index (χ1v) is 9.66. The summed E-state index contributed by atoms with van der Waals surface area (Å²) in [5.74, 6) is 0. The Bertz CT molecular complexity index is 739. The Balaban J connectivity index is 2.01. The summed E-state index contributed by atoms with van der Waals surface area (Å²) in [5, 5.41) is 0. The van der Waals surface area contributed by atoms with Gasteiger partial charge in [0.25, 0.3) is 0 Å². The SMILES string of the molecule is Cc1ccc([C@H]2CCCCCN2S(=O)(=O)c2ccccc2)cc1. The largest absolute Gasteiger partial charge is 0.243 e. The lowest BCUT2D eigenvalue weighted by atomic mass is 10.0. The summed E-state index contributed by atoms with van der Waals surface area (Å²) in [6, 6.07) is 17.0. The number of hydrogen-bond donors (Lipinski definition) is 0. The van der Waals surface area contributed by atoms with Crippen LogP contribution in [0.2, 0.25) is 0 Å². The highest BCUT2D eigenvalue weighted by atomic mass is 32.2. The second-order valence-corrected chi connectivity index (χ2v) is 8.10. The van der Waals surface area contributed by atoms with E-state index in [2.05, 4.69) is 31.2 Å². The van der Waals surface area contributed by atoms with Gasteiger partial charge in [-0.15, -0.1) is 0 Å². The van der Waals surface area contributed by atoms with E-state index >= 15 is 0 Å². The first-order valence-electron chi connectivity index (χ1n) is 8.22. The lowest BCUT2D eigenvalue weighted by Gasteiger charge is -2.29. The maximum Gasteiger partial charge on any atom is 0.243 e. The number of benzene rings is 2. The van der Waals surface area contributed by atoms with E-state index in [9.17, 15) is 8.42 Å². The number of rotatable bonds is 3. The molecule has 0 saturated carbocycles. The summed E-state index contributed by atoms with van der Waals surface area (Å²) >= 11 is 0. The van der Waals surface area contributed by atoms with Crippen molar-refractivity contribution in [2.45, 2.75) is 43.5 Å². The molecule has 0 bridgehead atoms. The lowest BCUT2D eigenvalue weighted by molar-refractivity contribution is 0.329. The number of sulfonamides is 1. The molecule has 0 N–H and O–H groups in total. The van der Waals surface area contributed by atoms with Crippen molar-refractivity contribution in [2.24, 2.45) is 0 Å². The molecule has 3 rings (SSSR count). The summed E-state index contributed by atoms with van der Waals surface area (Å²) in [4.78, 5) is 0.388. The Morgan fingerprint density at radius 3 is 2.30 bits per heavy atom. The Morgan fingerprint density at radius 2 is 1.61 bits per heavy atom. The van der Waals surface area contributed by atoms with Crippen molar-refractivity contribution in [1.29, 1.82) is 0 Å². The first-order chi connectivity index (χ1) is 11.1. The molecule has 2 aromatic rings. The summed E-state index contributed by atoms with van der Waals surface area (Å²) in [6.07, 6.45) is 3.96. The van der Waals surface area contributed by atoms with Gasteiger partial charge in [-0.3, -0.25) is 0 Å². The van der Waals surface area contributed by atoms with Crippen LogP contribution in [0.1, 0.15) is 42.9 Å². The fourth-order valence-corrected chi connectivity index (χ4v) is 4.92. The molecular formula is C19H23NO2S. The van der Waals surface area contributed by atoms with Gasteiger partial charge in [0, 0.05) is 6.54 Å². The van der Waals surface area contributed by atoms with Crippen molar-refractivity contribution in [3.8, 4) is 0 Å². The molecule has 0 radical (unpaired) electrons. The molecular weight excluding hydrogens is 306 g/mol. The smallest absolute Gasteiger partial charge is 0.207 e. The lowest BCUT2D eigenvalue weighted by Crippen LogP contribution is -2.34. The topological polar surface area (TPSA) is 37.4 Å². The summed E-state index contributed by atoms with van der Waals surface area (Å²) < 4.78 is 27.9. The average Bonchev–Trinajstić information content (AvgIpc) is 2.83. The zero-order valence-electron chi connectivity index (χ0n) is 13.5. The summed E-state index contributed by atoms with van der Waals surface area (Å²) in [7, 11) is -3.46. The van der Waals surface area contributed by atoms with Gasteiger partial charge in [0.05, 0.1) is 10.9 Å². The molecule has 1 fully saturated rings. The van der Waals surface area contributed by atoms with Gasteiger partial charge in [0.1, 0.15) is 0 Å². The predicted molar refractivity (Wildman–Crippen MR) is 92.7 cm³/mol. The van der Waals surface area contributed by atoms with Crippen molar-refractivity contribution in [1.82, 2.24) is 4.31 Å². The fraction of sp³-hybridized carbons (Fsp3) is 0.368. The third-order valence-corrected chi connectivity index (χ3v) is 6.44. The normalized spacial score (nSPS) is 20.1. The van der Waals surface area contributed by atoms with Crippen molar-refractivity contribution >= 4 is 10.0 Å². The van der Waals surface area contributed by atoms with Crippen LogP contribution in [0.15, 0.2) is 59.5 Å². The molecule has 122 valence electrons. The minimum atomic E-state index is -3.46. The quantitative estimate of drug-likeness (QED) is 0.842. The van der Waals surface area contributed by atoms with Crippen molar-refractivity contribution in [3.63, 3.8) is 0 Å². The van der Waals surface area contributed by atoms with E-state index in [0.29, 0.717) is 11.4 Å². The van der Waals surface area contributed by atoms with Gasteiger partial charge >= 0.3 is 0 Å². The third kappa shape index (κ3) is 3.48. The van der Waals surface area contributed by atoms with E-state index in [0.717, 1.165) is 31.2 Å². The van der Waals surface area contributed by atoms with E-state index in [1.54, 1.807) is 28.6 Å². The molecule has 23 heavy (non-hydrogen) atoms. The first kappa shape index (κ1) is 16.2. The molecule has 0 aromatic heterocycles. The summed E-state index contributed by atoms with van der Waals surface area (Å²) in [6.45, 7) is 2.64. The molecule has 4 heteroatoms. The summed E-state index contributed by atoms with van der Waals surface area (Å²) in [5.41, 5.74) is 2.29. The van der Waals surface area contributed by atoms with Crippen LogP contribution >= 0.6 is 0 Å². The molecule has 0 aliphatic carbocycles. The maximum atomic E-state index is 13.1. The molecule has 0 spiro atoms. The van der Waals surface area contributed by atoms with Gasteiger partial charge in [-0.25, -0.2) is 8.42 Å². The maximum absolute atomic E-state index is 13.1. The average molecular weight is 329 g/mol. The fourth-order valence-electron chi connectivity index (χ4n) is 3.22. The van der Waals surface area contributed by atoms with Gasteiger partial charge < -0.3 is 0 Å². The number of nitrogens with zero attached hydrogens (tertiary/aromatic N) is 1. The third-order valence-electron chi connectivity index (χ3n) is 4.52. The molecule has 1 aliphatic heterocycles. The Kier molecular flexibility index (Phi) is 4.83. The van der Waals surface area contributed by atoms with Gasteiger partial charge in [-0.2, -0.15) is 4.31 Å². The van der Waals surface area contributed by atoms with E-state index in [4.69, 9.17) is 0 Å². The molecule has 2 aromatic carbocycles. The van der Waals surface area contributed by atoms with Crippen LogP contribution in [-0.2, 0) is 10.0 Å². The van der Waals surface area contributed by atoms with Crippen LogP contribution in [0.5, 0.6) is 0 Å². The molecule has 0 amide bonds. The van der Waals surface area contributed by atoms with Crippen molar-refractivity contribution < 1.29 is 8.42 Å². The number of hydrogen-bond acceptors (Lipinski definition) is 2. The molecule has 1 aliphatic rings. The van der Waals surface area contributed by atoms with Gasteiger partial charge in [-0.05, 0) is 37.5 Å². The standard InChI is InChI=1S/C19H23NO2S/c1-16-11-13-17(14-12-16)19-10-6-3-7-15-20(19)23(21,22)18-8-4-2-5-9-18/h2,4-5,8-9,11-14,19H,3,6-7,10,15H2,1H3/t19-/m1/s1. The van der Waals surface area contributed by atoms with E-state index in [1.807, 2.05) is 6.07 Å². The van der Waals surface area contributed by atoms with E-state index < -0.39 is 10.0 Å². The zero-order valence-corrected chi connectivity index (χ0v) is 14.3. The van der Waals surface area contributed by atoms with Crippen LogP contribution in [0.4, 0.5) is 0 Å². The highest BCUT2D eigenvalue weighted by molar-refractivity contribution is 7.89. The van der Waals surface area contributed by atoms with Crippen LogP contribution in [0.3, 0.4) is 0 Å². The van der Waals surface area contributed by atoms with Crippen LogP contribution in [0, 0.1) is 6.92 Å². The van der Waals surface area contributed by atoms with E-state index in [1.165, 1.54) is 5.56 Å². The second kappa shape index (κ2) is 6.85. The van der Waals surface area contributed by atoms with E-state index in [-0.39, 0.29) is 6.04 Å². The van der Waals surface area contributed by atoms with Crippen molar-refractivity contribution in [3.05, 3.63) is 65.7 Å². The number of aryl methyl sites for hydroxylation is 1. The van der Waals surface area contributed by atoms with Crippen molar-refractivity contribution in [2.75, 3.05) is 6.54 Å². The Hall–Kier alpha value is -1.65. The molecule has 1 atom stereocenters. The molecule has 1 heterocycles. The predicted octanol–water partition coefficient (Wildman–Crippen LogP) is 4.30. The van der Waals surface area contributed by atoms with Crippen LogP contribution < -0.4 is 0 Å². The monoisotopic (exact) mass is 329 g/mol. The molecule has 1 saturated heterocycles. The molecule has 0 unspecified atom stereocenters. The second-order valence-electron chi connectivity index (χ2n) is 6.20. The Morgan fingerprint density at radius 1 is 0.913 bits per heavy atom. The van der Waals surface area contributed by atoms with Gasteiger partial charge in [-0.1, -0.05) is 60.9 Å². The molecule has 3 nitrogen and oxygen atoms in total. The van der Waals surface area contributed by atoms with Gasteiger partial charge in [0.2, 0.25) is 10.0 Å².